The minimum Gasteiger partial charge on any atom is -0.361 e. The first-order valence-electron chi connectivity index (χ1n) is 11.4. The lowest BCUT2D eigenvalue weighted by atomic mass is 9.91. The number of fused-ring (bicyclic) bond motifs is 2. The van der Waals surface area contributed by atoms with Crippen LogP contribution in [-0.2, 0) is 16.4 Å². The second kappa shape index (κ2) is 9.01. The second-order valence-corrected chi connectivity index (χ2v) is 11.1. The topological polar surface area (TPSA) is 65.2 Å². The summed E-state index contributed by atoms with van der Waals surface area (Å²) in [5, 5.41) is 2.94. The Morgan fingerprint density at radius 3 is 2.61 bits per heavy atom. The summed E-state index contributed by atoms with van der Waals surface area (Å²) in [6, 6.07) is 16.2. The SMILES string of the molecule is CN1CCC(CCc2c[nH]c3ccc(NS(=O)(=O)c4cccc5c(Cl)cccc45)cc23)CC1. The quantitative estimate of drug-likeness (QED) is 0.352. The Balaban J connectivity index is 1.39. The van der Waals surface area contributed by atoms with Crippen molar-refractivity contribution in [2.24, 2.45) is 5.92 Å². The highest BCUT2D eigenvalue weighted by atomic mass is 35.5. The van der Waals surface area contributed by atoms with Crippen molar-refractivity contribution < 1.29 is 8.42 Å². The molecule has 1 saturated heterocycles. The number of nitrogens with one attached hydrogen (secondary N) is 2. The molecule has 0 radical (unpaired) electrons. The van der Waals surface area contributed by atoms with Crippen LogP contribution < -0.4 is 4.72 Å². The van der Waals surface area contributed by atoms with Crippen molar-refractivity contribution in [1.29, 1.82) is 0 Å². The fourth-order valence-electron chi connectivity index (χ4n) is 4.85. The number of aromatic nitrogens is 1. The number of benzene rings is 3. The highest BCUT2D eigenvalue weighted by Crippen LogP contribution is 2.31. The van der Waals surface area contributed by atoms with E-state index < -0.39 is 10.0 Å². The van der Waals surface area contributed by atoms with Crippen molar-refractivity contribution in [3.8, 4) is 0 Å². The molecule has 33 heavy (non-hydrogen) atoms. The summed E-state index contributed by atoms with van der Waals surface area (Å²) < 4.78 is 29.3. The van der Waals surface area contributed by atoms with Crippen molar-refractivity contribution in [3.05, 3.63) is 71.4 Å². The van der Waals surface area contributed by atoms with Gasteiger partial charge >= 0.3 is 0 Å². The summed E-state index contributed by atoms with van der Waals surface area (Å²) in [4.78, 5) is 5.95. The van der Waals surface area contributed by atoms with E-state index in [1.54, 1.807) is 36.4 Å². The first-order valence-corrected chi connectivity index (χ1v) is 13.3. The predicted molar refractivity (Wildman–Crippen MR) is 137 cm³/mol. The normalized spacial score (nSPS) is 15.9. The Morgan fingerprint density at radius 1 is 1.03 bits per heavy atom. The van der Waals surface area contributed by atoms with E-state index in [1.807, 2.05) is 18.2 Å². The number of likely N-dealkylation sites (tertiary alicyclic amines) is 1. The highest BCUT2D eigenvalue weighted by molar-refractivity contribution is 7.93. The maximum absolute atomic E-state index is 13.3. The fraction of sp³-hybridized carbons (Fsp3) is 0.308. The molecule has 0 atom stereocenters. The van der Waals surface area contributed by atoms with Gasteiger partial charge in [0.25, 0.3) is 10.0 Å². The molecule has 0 spiro atoms. The molecule has 0 aliphatic carbocycles. The van der Waals surface area contributed by atoms with E-state index >= 15 is 0 Å². The zero-order valence-electron chi connectivity index (χ0n) is 18.6. The zero-order valence-corrected chi connectivity index (χ0v) is 20.2. The minimum absolute atomic E-state index is 0.221. The van der Waals surface area contributed by atoms with Crippen molar-refractivity contribution in [2.45, 2.75) is 30.6 Å². The minimum atomic E-state index is -3.78. The summed E-state index contributed by atoms with van der Waals surface area (Å²) in [6.45, 7) is 2.34. The van der Waals surface area contributed by atoms with E-state index in [4.69, 9.17) is 11.6 Å². The maximum Gasteiger partial charge on any atom is 0.262 e. The predicted octanol–water partition coefficient (Wildman–Crippen LogP) is 6.05. The van der Waals surface area contributed by atoms with Gasteiger partial charge in [-0.3, -0.25) is 4.72 Å². The Kier molecular flexibility index (Phi) is 6.08. The Hall–Kier alpha value is -2.54. The smallest absolute Gasteiger partial charge is 0.262 e. The average Bonchev–Trinajstić information content (AvgIpc) is 3.20. The van der Waals surface area contributed by atoms with E-state index in [0.717, 1.165) is 35.0 Å². The van der Waals surface area contributed by atoms with Crippen LogP contribution in [0.15, 0.2) is 65.7 Å². The van der Waals surface area contributed by atoms with Crippen LogP contribution in [0.1, 0.15) is 24.8 Å². The fourth-order valence-corrected chi connectivity index (χ4v) is 6.36. The molecule has 3 aromatic carbocycles. The van der Waals surface area contributed by atoms with Gasteiger partial charge in [0.1, 0.15) is 0 Å². The lowest BCUT2D eigenvalue weighted by Gasteiger charge is -2.28. The summed E-state index contributed by atoms with van der Waals surface area (Å²) in [5.41, 5.74) is 2.82. The molecule has 1 aliphatic heterocycles. The molecule has 0 bridgehead atoms. The molecule has 172 valence electrons. The number of sulfonamides is 1. The van der Waals surface area contributed by atoms with Crippen LogP contribution >= 0.6 is 11.6 Å². The van der Waals surface area contributed by atoms with Gasteiger partial charge in [-0.1, -0.05) is 35.9 Å². The van der Waals surface area contributed by atoms with Crippen molar-refractivity contribution in [2.75, 3.05) is 24.9 Å². The largest absolute Gasteiger partial charge is 0.361 e. The van der Waals surface area contributed by atoms with Crippen LogP contribution in [0.2, 0.25) is 5.02 Å². The number of aryl methyl sites for hydroxylation is 1. The molecule has 0 saturated carbocycles. The third kappa shape index (κ3) is 4.60. The van der Waals surface area contributed by atoms with E-state index in [-0.39, 0.29) is 4.90 Å². The van der Waals surface area contributed by atoms with Crippen LogP contribution in [0.25, 0.3) is 21.7 Å². The summed E-state index contributed by atoms with van der Waals surface area (Å²) in [7, 11) is -1.59. The number of aromatic amines is 1. The van der Waals surface area contributed by atoms with Gasteiger partial charge in [0.15, 0.2) is 0 Å². The number of piperidine rings is 1. The van der Waals surface area contributed by atoms with Crippen LogP contribution in [0.4, 0.5) is 5.69 Å². The second-order valence-electron chi connectivity index (χ2n) is 9.06. The molecule has 0 unspecified atom stereocenters. The molecular formula is C26H28ClN3O2S. The standard InChI is InChI=1S/C26H28ClN3O2S/c1-30-14-12-18(13-15-30)8-9-19-17-28-25-11-10-20(16-23(19)25)29-33(31,32)26-7-3-4-21-22(26)5-2-6-24(21)27/h2-7,10-11,16-18,28-29H,8-9,12-15H2,1H3. The zero-order chi connectivity index (χ0) is 23.0. The molecule has 4 aromatic rings. The molecule has 2 heterocycles. The van der Waals surface area contributed by atoms with Gasteiger partial charge in [0, 0.05) is 38.6 Å². The molecule has 2 N–H and O–H groups in total. The maximum atomic E-state index is 13.3. The van der Waals surface area contributed by atoms with Gasteiger partial charge in [-0.15, -0.1) is 0 Å². The van der Waals surface area contributed by atoms with Gasteiger partial charge in [-0.25, -0.2) is 8.42 Å². The van der Waals surface area contributed by atoms with Gasteiger partial charge in [-0.2, -0.15) is 0 Å². The summed E-state index contributed by atoms with van der Waals surface area (Å²) in [5.74, 6) is 0.756. The van der Waals surface area contributed by atoms with E-state index in [0.29, 0.717) is 16.1 Å². The molecule has 1 aromatic heterocycles. The summed E-state index contributed by atoms with van der Waals surface area (Å²) in [6.07, 6.45) is 6.71. The van der Waals surface area contributed by atoms with Crippen LogP contribution in [0, 0.1) is 5.92 Å². The van der Waals surface area contributed by atoms with Gasteiger partial charge in [0.05, 0.1) is 4.90 Å². The molecule has 7 heteroatoms. The van der Waals surface area contributed by atoms with Crippen LogP contribution in [-0.4, -0.2) is 38.4 Å². The van der Waals surface area contributed by atoms with E-state index in [2.05, 4.69) is 27.9 Å². The van der Waals surface area contributed by atoms with Gasteiger partial charge < -0.3 is 9.88 Å². The number of rotatable bonds is 6. The molecule has 5 rings (SSSR count). The highest BCUT2D eigenvalue weighted by Gasteiger charge is 2.20. The van der Waals surface area contributed by atoms with Crippen LogP contribution in [0.5, 0.6) is 0 Å². The van der Waals surface area contributed by atoms with Gasteiger partial charge in [0.2, 0.25) is 0 Å². The Bertz CT molecular complexity index is 1410. The van der Waals surface area contributed by atoms with Crippen molar-refractivity contribution >= 4 is 49.0 Å². The Morgan fingerprint density at radius 2 is 1.79 bits per heavy atom. The molecule has 1 aliphatic rings. The third-order valence-corrected chi connectivity index (χ3v) is 8.57. The molecule has 0 amide bonds. The lowest BCUT2D eigenvalue weighted by Crippen LogP contribution is -2.30. The van der Waals surface area contributed by atoms with E-state index in [9.17, 15) is 8.42 Å². The number of anilines is 1. The monoisotopic (exact) mass is 481 g/mol. The van der Waals surface area contributed by atoms with Gasteiger partial charge in [-0.05, 0) is 87.6 Å². The molecule has 5 nitrogen and oxygen atoms in total. The van der Waals surface area contributed by atoms with Crippen molar-refractivity contribution in [3.63, 3.8) is 0 Å². The first kappa shape index (κ1) is 22.3. The number of hydrogen-bond acceptors (Lipinski definition) is 3. The molecule has 1 fully saturated rings. The first-order chi connectivity index (χ1) is 15.9. The molecular weight excluding hydrogens is 454 g/mol. The number of nitrogens with zero attached hydrogens (tertiary/aromatic N) is 1. The summed E-state index contributed by atoms with van der Waals surface area (Å²) >= 11 is 6.28. The number of H-pyrrole nitrogens is 1. The third-order valence-electron chi connectivity index (χ3n) is 6.80. The van der Waals surface area contributed by atoms with Crippen molar-refractivity contribution in [1.82, 2.24) is 9.88 Å². The Labute approximate surface area is 199 Å². The number of hydrogen-bond donors (Lipinski definition) is 2. The van der Waals surface area contributed by atoms with Crippen LogP contribution in [0.3, 0.4) is 0 Å². The number of halogens is 1. The average molecular weight is 482 g/mol. The van der Waals surface area contributed by atoms with E-state index in [1.165, 1.54) is 31.5 Å². The lowest BCUT2D eigenvalue weighted by molar-refractivity contribution is 0.212.